The molecule has 23 nitrogen and oxygen atoms in total. The number of rotatable bonds is 8. The minimum absolute atomic E-state index is 0.00912. The van der Waals surface area contributed by atoms with Crippen molar-refractivity contribution < 1.29 is 67.0 Å². The van der Waals surface area contributed by atoms with Crippen molar-refractivity contribution in [1.29, 1.82) is 0 Å². The number of hydrogen-bond donors (Lipinski definition) is 16. The van der Waals surface area contributed by atoms with Crippen molar-refractivity contribution in [2.24, 2.45) is 0 Å². The van der Waals surface area contributed by atoms with Gasteiger partial charge in [0.1, 0.15) is 34.5 Å². The molecule has 708 valence electrons. The second kappa shape index (κ2) is 39.5. The fourth-order valence-corrected chi connectivity index (χ4v) is 22.0. The molecule has 0 radical (unpaired) electrons. The number of methoxy groups -OCH3 is 1. The maximum atomic E-state index is 13.0. The lowest BCUT2D eigenvalue weighted by atomic mass is 9.94. The van der Waals surface area contributed by atoms with Gasteiger partial charge in [0.15, 0.2) is 59.6 Å². The van der Waals surface area contributed by atoms with Gasteiger partial charge in [0.25, 0.3) is 0 Å². The predicted octanol–water partition coefficient (Wildman–Crippen LogP) is 20.4. The van der Waals surface area contributed by atoms with Gasteiger partial charge >= 0.3 is 6.36 Å². The number of hydrogen-bond acceptors (Lipinski definition) is 18. The van der Waals surface area contributed by atoms with E-state index in [1.165, 1.54) is 29.8 Å². The van der Waals surface area contributed by atoms with Crippen LogP contribution >= 0.6 is 145 Å². The smallest absolute Gasteiger partial charge is 0.508 e. The summed E-state index contributed by atoms with van der Waals surface area (Å²) in [5.74, 6) is 0.169. The SMILES string of the molecule is COc1ccc(C2NC(=S)NC3=C2C(=O)c2ccccc23)cc1.Cc1ccc2c(c1)C(=O)C1=C2NC(=S)NC1c1cc(O)ccc1Br.O=C1C2=C(NC(=S)NC2c2cc(O)ccc2Br)c2ccc(Cl)cc21.O=C1C2=C(NC(=S)NC2c2cc(O)ccc2Br)c2cccc(O)c21.O=C1C2=C(NC(=S)NC2c2cccc(OC(F)(F)F)c2)c2ccccc21.S=C1NC2=C(C(=S)c3ccccc32)C(c2ccccc2)N1. The van der Waals surface area contributed by atoms with Crippen molar-refractivity contribution in [1.82, 2.24) is 63.8 Å². The molecule has 6 unspecified atom stereocenters. The van der Waals surface area contributed by atoms with Crippen LogP contribution in [-0.2, 0) is 0 Å². The molecule has 0 aromatic heterocycles. The standard InChI is InChI=1S/C18H13BrN2O2S.C18H11F3N2O2S.C18H14N2O2S.C17H10BrClN2O2S.C17H11BrN2O3S.C17H12N2S2/c1-8-2-4-10-11(6-8)17(23)14-15(10)20-18(24)21-16(14)12-7-9(22)3-5-13(12)19;19-18(20,21)25-10-5-3-4-9(8-10)14-13-15(23-17(26)22-14)11-6-1-2-7-12(11)16(13)24;1-22-11-8-6-10(7-9-11)15-14-16(20-18(23)19-15)12-4-2-3-5-13(12)17(14)21;18-12-4-2-8(22)6-11(12)15-13-14(20-17(24)21-15)9-3-1-7(19)5-10(9)16(13)23;18-10-5-4-7(21)6-9(10)15-13-14(19-17(24)20-15)8-2-1-3-11(22)12(8)16(13)23;20-16-12-9-5-4-8-11(12)15-13(16)14(18-17(21)19-15)10-6-2-1-3-7-10/h2-7,16,22H,1H3,(H2,20,21,24);1-8,14H,(H2,22,23,26);2-9,15H,1H3,(H2,19,20,23);1-6,15,22H,(H2,20,21,24);1-6,15,21-22H,(H2,19,20,24);1-9,14H,(H2,18,19,21). The molecule has 142 heavy (non-hydrogen) atoms. The third kappa shape index (κ3) is 18.6. The van der Waals surface area contributed by atoms with Crippen LogP contribution in [0.5, 0.6) is 34.5 Å². The Hall–Kier alpha value is -14.0. The maximum absolute atomic E-state index is 13.0. The molecule has 6 aliphatic heterocycles. The van der Waals surface area contributed by atoms with Gasteiger partial charge in [-0.15, -0.1) is 13.2 Å². The highest BCUT2D eigenvalue weighted by atomic mass is 79.9. The minimum Gasteiger partial charge on any atom is -0.508 e. The van der Waals surface area contributed by atoms with Crippen LogP contribution in [0.15, 0.2) is 308 Å². The van der Waals surface area contributed by atoms with Crippen LogP contribution in [0.25, 0.3) is 34.2 Å². The van der Waals surface area contributed by atoms with Crippen LogP contribution in [0.2, 0.25) is 5.02 Å². The van der Waals surface area contributed by atoms with Crippen molar-refractivity contribution in [3.05, 3.63) is 418 Å². The number of thiocarbonyl (C=S) groups is 7. The molecule has 0 fully saturated rings. The van der Waals surface area contributed by atoms with E-state index < -0.39 is 30.5 Å². The molecule has 12 aromatic carbocycles. The topological polar surface area (TPSA) is 329 Å². The van der Waals surface area contributed by atoms with Crippen LogP contribution in [0.3, 0.4) is 0 Å². The van der Waals surface area contributed by atoms with E-state index in [9.17, 15) is 57.6 Å². The predicted molar refractivity (Wildman–Crippen MR) is 575 cm³/mol. The van der Waals surface area contributed by atoms with Gasteiger partial charge in [-0.1, -0.05) is 235 Å². The number of ketones is 5. The van der Waals surface area contributed by atoms with Gasteiger partial charge < -0.3 is 93.7 Å². The molecule has 0 saturated carbocycles. The molecule has 16 N–H and O–H groups in total. The number of benzene rings is 12. The summed E-state index contributed by atoms with van der Waals surface area (Å²) in [7, 11) is 1.63. The number of phenols is 4. The minimum atomic E-state index is -4.79. The lowest BCUT2D eigenvalue weighted by molar-refractivity contribution is -0.274. The molecule has 6 aliphatic carbocycles. The van der Waals surface area contributed by atoms with Crippen LogP contribution in [0, 0.1) is 6.92 Å². The zero-order chi connectivity index (χ0) is 99.9. The monoisotopic (exact) mass is 2230 g/mol. The number of alkyl halides is 3. The van der Waals surface area contributed by atoms with Crippen LogP contribution in [0.1, 0.15) is 166 Å². The van der Waals surface area contributed by atoms with Crippen LogP contribution < -0.4 is 73.3 Å². The fourth-order valence-electron chi connectivity index (χ4n) is 18.7. The Balaban J connectivity index is 0.000000108. The van der Waals surface area contributed by atoms with Gasteiger partial charge in [0.2, 0.25) is 0 Å². The number of halogens is 7. The maximum Gasteiger partial charge on any atom is 0.573 e. The van der Waals surface area contributed by atoms with Crippen molar-refractivity contribution >= 4 is 244 Å². The lowest BCUT2D eigenvalue weighted by Crippen LogP contribution is -2.43. The molecule has 6 atom stereocenters. The highest BCUT2D eigenvalue weighted by molar-refractivity contribution is 9.11. The number of nitrogens with one attached hydrogen (secondary N) is 12. The molecule has 24 rings (SSSR count). The molecular weight excluding hydrogens is 2160 g/mol. The summed E-state index contributed by atoms with van der Waals surface area (Å²) in [5, 5.41) is 80.3. The second-order valence-electron chi connectivity index (χ2n) is 33.4. The Labute approximate surface area is 876 Å². The summed E-state index contributed by atoms with van der Waals surface area (Å²) in [6.07, 6.45) is -4.79. The molecule has 6 heterocycles. The first-order valence-corrected chi connectivity index (χ1v) is 49.0. The molecule has 12 aromatic rings. The molecule has 12 aliphatic rings. The van der Waals surface area contributed by atoms with E-state index in [1.54, 1.807) is 110 Å². The molecule has 0 amide bonds. The van der Waals surface area contributed by atoms with Crippen molar-refractivity contribution in [3.63, 3.8) is 0 Å². The summed E-state index contributed by atoms with van der Waals surface area (Å²) in [4.78, 5) is 65.5. The molecule has 37 heteroatoms. The number of Topliss-reactive ketones (excluding diaryl/α,β-unsaturated/α-hetero) is 5. The van der Waals surface area contributed by atoms with Crippen molar-refractivity contribution in [2.45, 2.75) is 49.5 Å². The number of ether oxygens (including phenoxy) is 2. The zero-order valence-electron chi connectivity index (χ0n) is 73.4. The van der Waals surface area contributed by atoms with Gasteiger partial charge in [-0.25, -0.2) is 0 Å². The molecule has 0 spiro atoms. The Morgan fingerprint density at radius 3 is 1.11 bits per heavy atom. The zero-order valence-corrected chi connectivity index (χ0v) is 84.7. The van der Waals surface area contributed by atoms with Gasteiger partial charge in [-0.05, 0) is 217 Å². The number of carbonyl (C=O) groups is 5. The average Bonchev–Trinajstić information content (AvgIpc) is 1.57. The van der Waals surface area contributed by atoms with Crippen molar-refractivity contribution in [2.75, 3.05) is 7.11 Å². The average molecular weight is 2230 g/mol. The number of aromatic hydroxyl groups is 4. The summed E-state index contributed by atoms with van der Waals surface area (Å²) in [6.45, 7) is 1.96. The number of phenolic OH excluding ortho intramolecular Hbond substituents is 4. The lowest BCUT2D eigenvalue weighted by Gasteiger charge is -2.29. The van der Waals surface area contributed by atoms with Gasteiger partial charge in [-0.3, -0.25) is 24.0 Å². The Kier molecular flexibility index (Phi) is 26.9. The van der Waals surface area contributed by atoms with E-state index in [0.29, 0.717) is 114 Å². The molecule has 0 bridgehead atoms. The van der Waals surface area contributed by atoms with Gasteiger partial charge in [-0.2, -0.15) is 0 Å². The van der Waals surface area contributed by atoms with Gasteiger partial charge in [0, 0.05) is 85.2 Å². The Bertz CT molecular complexity index is 7680. The largest absolute Gasteiger partial charge is 0.573 e. The third-order valence-corrected chi connectivity index (χ3v) is 29.0. The quantitative estimate of drug-likeness (QED) is 0.0629. The summed E-state index contributed by atoms with van der Waals surface area (Å²) >= 11 is 54.0. The molecular formula is C105H71Br3ClF3N12O11S7. The highest BCUT2D eigenvalue weighted by Crippen LogP contribution is 2.51. The highest BCUT2D eigenvalue weighted by Gasteiger charge is 2.47. The van der Waals surface area contributed by atoms with Crippen molar-refractivity contribution in [3.8, 4) is 34.5 Å². The first-order chi connectivity index (χ1) is 68.1. The summed E-state index contributed by atoms with van der Waals surface area (Å²) in [6, 6.07) is 74.8. The van der Waals surface area contributed by atoms with E-state index in [1.807, 2.05) is 116 Å². The fraction of sp³-hybridized carbons (Fsp3) is 0.0857. The van der Waals surface area contributed by atoms with E-state index in [2.05, 4.69) is 141 Å². The van der Waals surface area contributed by atoms with Gasteiger partial charge in [0.05, 0.1) is 116 Å². The van der Waals surface area contributed by atoms with E-state index in [-0.39, 0.29) is 75.3 Å². The first kappa shape index (κ1) is 96.8. The Morgan fingerprint density at radius 1 is 0.317 bits per heavy atom. The second-order valence-corrected chi connectivity index (χ2v) is 39.2. The molecule has 0 saturated heterocycles. The summed E-state index contributed by atoms with van der Waals surface area (Å²) in [5.41, 5.74) is 23.1. The number of carbonyl (C=O) groups excluding carboxylic acids is 5. The third-order valence-electron chi connectivity index (χ3n) is 24.8. The number of fused-ring (bicyclic) bond motifs is 12. The normalized spacial score (nSPS) is 19.0. The van der Waals surface area contributed by atoms with Crippen LogP contribution in [-0.4, -0.2) is 98.4 Å². The van der Waals surface area contributed by atoms with Crippen LogP contribution in [0.4, 0.5) is 13.2 Å². The van der Waals surface area contributed by atoms with E-state index in [0.717, 1.165) is 108 Å². The van der Waals surface area contributed by atoms with E-state index in [4.69, 9.17) is 102 Å². The number of aryl methyl sites for hydroxylation is 1. The first-order valence-electron chi connectivity index (χ1n) is 43.4. The van der Waals surface area contributed by atoms with E-state index >= 15 is 0 Å². The summed E-state index contributed by atoms with van der Waals surface area (Å²) < 4.78 is 49.0. The Morgan fingerprint density at radius 2 is 0.655 bits per heavy atom.